The lowest BCUT2D eigenvalue weighted by molar-refractivity contribution is -0.131. The van der Waals surface area contributed by atoms with Gasteiger partial charge in [0.15, 0.2) is 0 Å². The number of carbonyl (C=O) groups is 2. The van der Waals surface area contributed by atoms with Crippen molar-refractivity contribution in [2.45, 2.75) is 4.21 Å². The van der Waals surface area contributed by atoms with Crippen LogP contribution < -0.4 is 5.32 Å². The number of nitrogens with zero attached hydrogens (tertiary/aromatic N) is 2. The van der Waals surface area contributed by atoms with Crippen LogP contribution in [0.5, 0.6) is 0 Å². The van der Waals surface area contributed by atoms with Gasteiger partial charge < -0.3 is 10.2 Å². The third kappa shape index (κ3) is 4.26. The Balaban J connectivity index is 1.51. The van der Waals surface area contributed by atoms with Crippen molar-refractivity contribution in [3.05, 3.63) is 38.9 Å². The first-order valence-corrected chi connectivity index (χ1v) is 11.2. The highest BCUT2D eigenvalue weighted by molar-refractivity contribution is 7.91. The highest BCUT2D eigenvalue weighted by Gasteiger charge is 2.31. The zero-order valence-corrected chi connectivity index (χ0v) is 16.8. The normalized spacial score (nSPS) is 15.8. The Labute approximate surface area is 164 Å². The van der Waals surface area contributed by atoms with Crippen molar-refractivity contribution in [3.63, 3.8) is 0 Å². The van der Waals surface area contributed by atoms with E-state index in [1.54, 1.807) is 28.5 Å². The molecule has 11 heteroatoms. The molecule has 1 saturated heterocycles. The topological polar surface area (TPSA) is 86.8 Å². The van der Waals surface area contributed by atoms with E-state index in [0.717, 1.165) is 11.3 Å². The molecule has 7 nitrogen and oxygen atoms in total. The van der Waals surface area contributed by atoms with E-state index in [9.17, 15) is 18.0 Å². The summed E-state index contributed by atoms with van der Waals surface area (Å²) in [6.07, 6.45) is 0. The predicted octanol–water partition coefficient (Wildman–Crippen LogP) is 1.73. The number of amides is 2. The summed E-state index contributed by atoms with van der Waals surface area (Å²) in [5, 5.41) is 4.38. The monoisotopic (exact) mass is 433 g/mol. The van der Waals surface area contributed by atoms with Crippen molar-refractivity contribution < 1.29 is 18.0 Å². The van der Waals surface area contributed by atoms with E-state index >= 15 is 0 Å². The minimum Gasteiger partial charge on any atom is -0.342 e. The number of hydrogen-bond donors (Lipinski definition) is 1. The molecule has 0 bridgehead atoms. The van der Waals surface area contributed by atoms with Crippen molar-refractivity contribution in [1.29, 1.82) is 0 Å². The molecule has 1 N–H and O–H groups in total. The molecule has 0 radical (unpaired) electrons. The van der Waals surface area contributed by atoms with E-state index in [4.69, 9.17) is 11.6 Å². The number of thiophene rings is 2. The Morgan fingerprint density at radius 1 is 1.15 bits per heavy atom. The Bertz CT molecular complexity index is 887. The summed E-state index contributed by atoms with van der Waals surface area (Å²) < 4.78 is 27.0. The Hall–Kier alpha value is -1.46. The lowest BCUT2D eigenvalue weighted by atomic mass is 10.3. The second-order valence-corrected chi connectivity index (χ2v) is 10.3. The summed E-state index contributed by atoms with van der Waals surface area (Å²) in [4.78, 5) is 26.2. The molecular weight excluding hydrogens is 418 g/mol. The van der Waals surface area contributed by atoms with Gasteiger partial charge in [0.25, 0.3) is 15.9 Å². The van der Waals surface area contributed by atoms with E-state index in [2.05, 4.69) is 5.32 Å². The second-order valence-electron chi connectivity index (χ2n) is 5.50. The van der Waals surface area contributed by atoms with Crippen LogP contribution >= 0.6 is 34.3 Å². The third-order valence-electron chi connectivity index (χ3n) is 3.88. The van der Waals surface area contributed by atoms with Crippen molar-refractivity contribution in [3.8, 4) is 0 Å². The molecule has 0 saturated carbocycles. The SMILES string of the molecule is O=C(NCC(=O)N1CCN(S(=O)(=O)c2ccc(Cl)s2)CC1)c1cccs1. The van der Waals surface area contributed by atoms with E-state index in [0.29, 0.717) is 9.21 Å². The summed E-state index contributed by atoms with van der Waals surface area (Å²) in [7, 11) is -3.58. The molecule has 0 aromatic carbocycles. The van der Waals surface area contributed by atoms with Crippen molar-refractivity contribution >= 4 is 56.1 Å². The largest absolute Gasteiger partial charge is 0.342 e. The quantitative estimate of drug-likeness (QED) is 0.777. The average molecular weight is 434 g/mol. The summed E-state index contributed by atoms with van der Waals surface area (Å²) in [5.41, 5.74) is 0. The molecule has 3 heterocycles. The van der Waals surface area contributed by atoms with Crippen LogP contribution in [-0.4, -0.2) is 62.2 Å². The standard InChI is InChI=1S/C15H16ClN3O4S3/c16-12-3-4-14(25-12)26(22,23)19-7-5-18(6-8-19)13(20)10-17-15(21)11-2-1-9-24-11/h1-4,9H,5-8,10H2,(H,17,21). The molecule has 140 valence electrons. The highest BCUT2D eigenvalue weighted by Crippen LogP contribution is 2.28. The van der Waals surface area contributed by atoms with Gasteiger partial charge in [0.1, 0.15) is 4.21 Å². The molecule has 1 aliphatic heterocycles. The molecule has 1 aliphatic rings. The lowest BCUT2D eigenvalue weighted by Gasteiger charge is -2.33. The number of carbonyl (C=O) groups excluding carboxylic acids is 2. The minimum atomic E-state index is -3.58. The minimum absolute atomic E-state index is 0.107. The maximum Gasteiger partial charge on any atom is 0.261 e. The molecule has 3 rings (SSSR count). The van der Waals surface area contributed by atoms with E-state index in [-0.39, 0.29) is 48.7 Å². The smallest absolute Gasteiger partial charge is 0.261 e. The van der Waals surface area contributed by atoms with Crippen LogP contribution in [0.3, 0.4) is 0 Å². The molecule has 2 aromatic heterocycles. The maximum atomic E-state index is 12.5. The number of piperazine rings is 1. The van der Waals surface area contributed by atoms with E-state index < -0.39 is 10.0 Å². The molecule has 0 unspecified atom stereocenters. The van der Waals surface area contributed by atoms with E-state index in [1.165, 1.54) is 21.7 Å². The number of sulfonamides is 1. The van der Waals surface area contributed by atoms with Gasteiger partial charge in [-0.15, -0.1) is 22.7 Å². The summed E-state index contributed by atoms with van der Waals surface area (Å²) >= 11 is 8.13. The molecule has 2 amide bonds. The van der Waals surface area contributed by atoms with E-state index in [1.807, 2.05) is 0 Å². The first kappa shape index (κ1) is 19.3. The number of hydrogen-bond acceptors (Lipinski definition) is 6. The van der Waals surface area contributed by atoms with Crippen molar-refractivity contribution in [2.24, 2.45) is 0 Å². The van der Waals surface area contributed by atoms with Gasteiger partial charge in [-0.25, -0.2) is 8.42 Å². The lowest BCUT2D eigenvalue weighted by Crippen LogP contribution is -2.52. The van der Waals surface area contributed by atoms with Crippen molar-refractivity contribution in [1.82, 2.24) is 14.5 Å². The van der Waals surface area contributed by atoms with Crippen LogP contribution in [0.15, 0.2) is 33.9 Å². The predicted molar refractivity (Wildman–Crippen MR) is 101 cm³/mol. The summed E-state index contributed by atoms with van der Waals surface area (Å²) in [6, 6.07) is 6.49. The van der Waals surface area contributed by atoms with Crippen LogP contribution in [-0.2, 0) is 14.8 Å². The Morgan fingerprint density at radius 2 is 1.88 bits per heavy atom. The highest BCUT2D eigenvalue weighted by atomic mass is 35.5. The van der Waals surface area contributed by atoms with Gasteiger partial charge in [-0.3, -0.25) is 9.59 Å². The average Bonchev–Trinajstić information content (AvgIpc) is 3.31. The number of nitrogens with one attached hydrogen (secondary N) is 1. The van der Waals surface area contributed by atoms with Gasteiger partial charge >= 0.3 is 0 Å². The molecule has 1 fully saturated rings. The molecule has 0 atom stereocenters. The molecule has 0 spiro atoms. The summed E-state index contributed by atoms with van der Waals surface area (Å²) in [6.45, 7) is 0.882. The van der Waals surface area contributed by atoms with Crippen LogP contribution in [0.1, 0.15) is 9.67 Å². The maximum absolute atomic E-state index is 12.5. The molecule has 0 aliphatic carbocycles. The van der Waals surface area contributed by atoms with Gasteiger partial charge in [-0.1, -0.05) is 17.7 Å². The fraction of sp³-hybridized carbons (Fsp3) is 0.333. The van der Waals surface area contributed by atoms with Crippen molar-refractivity contribution in [2.75, 3.05) is 32.7 Å². The van der Waals surface area contributed by atoms with Gasteiger partial charge in [-0.2, -0.15) is 4.31 Å². The molecule has 2 aromatic rings. The number of rotatable bonds is 5. The first-order valence-electron chi connectivity index (χ1n) is 7.73. The van der Waals surface area contributed by atoms with Crippen LogP contribution in [0.4, 0.5) is 0 Å². The third-order valence-corrected chi connectivity index (χ3v) is 8.35. The molecular formula is C15H16ClN3O4S3. The van der Waals surface area contributed by atoms with Gasteiger partial charge in [0, 0.05) is 26.2 Å². The fourth-order valence-electron chi connectivity index (χ4n) is 2.50. The van der Waals surface area contributed by atoms with Crippen LogP contribution in [0.2, 0.25) is 4.34 Å². The summed E-state index contributed by atoms with van der Waals surface area (Å²) in [5.74, 6) is -0.518. The number of halogens is 1. The van der Waals surface area contributed by atoms with Gasteiger partial charge in [-0.05, 0) is 23.6 Å². The van der Waals surface area contributed by atoms with Gasteiger partial charge in [0.05, 0.1) is 15.8 Å². The second kappa shape index (κ2) is 8.05. The Morgan fingerprint density at radius 3 is 2.46 bits per heavy atom. The van der Waals surface area contributed by atoms with Gasteiger partial charge in [0.2, 0.25) is 5.91 Å². The zero-order chi connectivity index (χ0) is 18.7. The molecule has 26 heavy (non-hydrogen) atoms. The fourth-order valence-corrected chi connectivity index (χ4v) is 6.20. The zero-order valence-electron chi connectivity index (χ0n) is 13.6. The van der Waals surface area contributed by atoms with Crippen LogP contribution in [0.25, 0.3) is 0 Å². The first-order chi connectivity index (χ1) is 12.4. The Kier molecular flexibility index (Phi) is 5.98. The van der Waals surface area contributed by atoms with Crippen LogP contribution in [0, 0.1) is 0 Å².